The van der Waals surface area contributed by atoms with Crippen molar-refractivity contribution in [1.82, 2.24) is 0 Å². The SMILES string of the molecule is CC/C=C/C/C=C/C/C=C/C/C=C/C/C=C/C/C=C/CCC(=O)OC[C@@H](COC(=O)CCCCCCCCCCCCCCC)OC(=O)CCCCCCC/C=C/C/C=C/CCCCC. The van der Waals surface area contributed by atoms with Crippen LogP contribution < -0.4 is 0 Å². The van der Waals surface area contributed by atoms with Crippen LogP contribution >= 0.6 is 0 Å². The van der Waals surface area contributed by atoms with E-state index in [2.05, 4.69) is 112 Å². The van der Waals surface area contributed by atoms with Crippen molar-refractivity contribution in [3.8, 4) is 0 Å². The fourth-order valence-corrected chi connectivity index (χ4v) is 7.09. The molecule has 0 aliphatic rings. The average molecular weight is 903 g/mol. The Bertz CT molecular complexity index is 1310. The molecule has 0 fully saturated rings. The van der Waals surface area contributed by atoms with Crippen molar-refractivity contribution >= 4 is 17.9 Å². The molecule has 0 radical (unpaired) electrons. The topological polar surface area (TPSA) is 78.9 Å². The molecule has 0 N–H and O–H groups in total. The maximum absolute atomic E-state index is 12.8. The van der Waals surface area contributed by atoms with Gasteiger partial charge in [0, 0.05) is 19.3 Å². The lowest BCUT2D eigenvalue weighted by Gasteiger charge is -2.18. The van der Waals surface area contributed by atoms with E-state index in [9.17, 15) is 14.4 Å². The first-order valence-corrected chi connectivity index (χ1v) is 26.7. The largest absolute Gasteiger partial charge is 0.462 e. The van der Waals surface area contributed by atoms with Gasteiger partial charge in [-0.1, -0.05) is 227 Å². The number of carbonyl (C=O) groups is 3. The van der Waals surface area contributed by atoms with Gasteiger partial charge in [0.15, 0.2) is 6.10 Å². The highest BCUT2D eigenvalue weighted by atomic mass is 16.6. The highest BCUT2D eigenvalue weighted by Crippen LogP contribution is 2.14. The van der Waals surface area contributed by atoms with E-state index < -0.39 is 6.10 Å². The van der Waals surface area contributed by atoms with Gasteiger partial charge in [-0.15, -0.1) is 0 Å². The van der Waals surface area contributed by atoms with Gasteiger partial charge in [-0.2, -0.15) is 0 Å². The van der Waals surface area contributed by atoms with Crippen LogP contribution in [0.1, 0.15) is 239 Å². The van der Waals surface area contributed by atoms with E-state index in [1.165, 1.54) is 89.9 Å². The van der Waals surface area contributed by atoms with Crippen molar-refractivity contribution in [2.75, 3.05) is 13.2 Å². The fraction of sp³-hybridized carbons (Fsp3) is 0.678. The predicted octanol–water partition coefficient (Wildman–Crippen LogP) is 17.8. The van der Waals surface area contributed by atoms with Gasteiger partial charge in [-0.25, -0.2) is 0 Å². The summed E-state index contributed by atoms with van der Waals surface area (Å²) < 4.78 is 16.7. The van der Waals surface area contributed by atoms with Crippen molar-refractivity contribution in [2.24, 2.45) is 0 Å². The zero-order valence-corrected chi connectivity index (χ0v) is 42.2. The highest BCUT2D eigenvalue weighted by Gasteiger charge is 2.19. The van der Waals surface area contributed by atoms with E-state index in [0.29, 0.717) is 19.3 Å². The van der Waals surface area contributed by atoms with E-state index in [0.717, 1.165) is 103 Å². The summed E-state index contributed by atoms with van der Waals surface area (Å²) in [5.41, 5.74) is 0. The van der Waals surface area contributed by atoms with Gasteiger partial charge in [-0.3, -0.25) is 14.4 Å². The summed E-state index contributed by atoms with van der Waals surface area (Å²) in [5.74, 6) is -1.01. The minimum Gasteiger partial charge on any atom is -0.462 e. The van der Waals surface area contributed by atoms with Crippen molar-refractivity contribution in [3.63, 3.8) is 0 Å². The number of carbonyl (C=O) groups excluding carboxylic acids is 3. The Balaban J connectivity index is 4.52. The Labute approximate surface area is 400 Å². The van der Waals surface area contributed by atoms with Crippen LogP contribution in [0.15, 0.2) is 97.2 Å². The second-order valence-corrected chi connectivity index (χ2v) is 17.4. The van der Waals surface area contributed by atoms with Gasteiger partial charge < -0.3 is 14.2 Å². The van der Waals surface area contributed by atoms with Crippen LogP contribution in [0, 0.1) is 0 Å². The lowest BCUT2D eigenvalue weighted by atomic mass is 10.0. The molecule has 6 nitrogen and oxygen atoms in total. The monoisotopic (exact) mass is 903 g/mol. The van der Waals surface area contributed by atoms with Crippen molar-refractivity contribution in [1.29, 1.82) is 0 Å². The number of ether oxygens (including phenoxy) is 3. The summed E-state index contributed by atoms with van der Waals surface area (Å²) in [6.07, 6.45) is 69.7. The van der Waals surface area contributed by atoms with E-state index in [1.54, 1.807) is 0 Å². The van der Waals surface area contributed by atoms with Crippen molar-refractivity contribution < 1.29 is 28.6 Å². The van der Waals surface area contributed by atoms with Crippen LogP contribution in [0.4, 0.5) is 0 Å². The molecule has 0 saturated heterocycles. The molecule has 0 aliphatic heterocycles. The maximum Gasteiger partial charge on any atom is 0.306 e. The van der Waals surface area contributed by atoms with Crippen LogP contribution in [0.2, 0.25) is 0 Å². The van der Waals surface area contributed by atoms with Gasteiger partial charge in [0.1, 0.15) is 13.2 Å². The van der Waals surface area contributed by atoms with E-state index in [-0.39, 0.29) is 37.5 Å². The number of allylic oxidation sites excluding steroid dienone is 16. The number of hydrogen-bond acceptors (Lipinski definition) is 6. The van der Waals surface area contributed by atoms with Crippen molar-refractivity contribution in [2.45, 2.75) is 245 Å². The molecule has 1 atom stereocenters. The molecule has 0 saturated carbocycles. The number of rotatable bonds is 47. The average Bonchev–Trinajstić information content (AvgIpc) is 3.30. The molecule has 0 aromatic carbocycles. The summed E-state index contributed by atoms with van der Waals surface area (Å²) in [4.78, 5) is 38.0. The molecule has 6 heteroatoms. The molecule has 0 aromatic heterocycles. The Hall–Kier alpha value is -3.67. The third-order valence-corrected chi connectivity index (χ3v) is 11.1. The standard InChI is InChI=1S/C59H98O6/c1-4-7-10-13-16-19-22-25-27-28-29-30-32-34-37-40-43-46-49-52-58(61)64-55-56(54-63-57(60)51-48-45-42-39-36-33-24-21-18-15-12-9-6-3)65-59(62)53-50-47-44-41-38-35-31-26-23-20-17-14-11-8-5-2/h7,10,16-17,19-20,25-27,29-31,34,37,43,46,56H,4-6,8-9,11-15,18,21-24,28,32-33,35-36,38-42,44-45,47-55H2,1-3H3/b10-7+,19-16+,20-17+,27-25+,30-29+,31-26+,37-34+,46-43+/t56-/m1/s1. The lowest BCUT2D eigenvalue weighted by Crippen LogP contribution is -2.30. The van der Waals surface area contributed by atoms with E-state index >= 15 is 0 Å². The summed E-state index contributed by atoms with van der Waals surface area (Å²) in [7, 11) is 0. The Morgan fingerprint density at radius 1 is 0.323 bits per heavy atom. The Morgan fingerprint density at radius 2 is 0.631 bits per heavy atom. The minimum atomic E-state index is -0.814. The Morgan fingerprint density at radius 3 is 1.06 bits per heavy atom. The third-order valence-electron chi connectivity index (χ3n) is 11.1. The first-order chi connectivity index (χ1) is 32.0. The quantitative estimate of drug-likeness (QED) is 0.0262. The second kappa shape index (κ2) is 52.9. The van der Waals surface area contributed by atoms with Crippen LogP contribution in [-0.4, -0.2) is 37.2 Å². The molecule has 0 unspecified atom stereocenters. The molecule has 0 aliphatic carbocycles. The highest BCUT2D eigenvalue weighted by molar-refractivity contribution is 5.71. The molecule has 370 valence electrons. The third kappa shape index (κ3) is 51.2. The molecular formula is C59H98O6. The maximum atomic E-state index is 12.8. The van der Waals surface area contributed by atoms with Crippen LogP contribution in [0.3, 0.4) is 0 Å². The Kier molecular flexibility index (Phi) is 50.0. The molecule has 0 aromatic rings. The molecule has 0 spiro atoms. The molecule has 0 heterocycles. The zero-order chi connectivity index (χ0) is 47.2. The summed E-state index contributed by atoms with van der Waals surface area (Å²) in [6, 6.07) is 0. The number of esters is 3. The first-order valence-electron chi connectivity index (χ1n) is 26.7. The molecule has 0 rings (SSSR count). The van der Waals surface area contributed by atoms with Gasteiger partial charge in [0.25, 0.3) is 0 Å². The van der Waals surface area contributed by atoms with Gasteiger partial charge >= 0.3 is 17.9 Å². The number of unbranched alkanes of at least 4 members (excludes halogenated alkanes) is 20. The van der Waals surface area contributed by atoms with Gasteiger partial charge in [0.05, 0.1) is 0 Å². The fourth-order valence-electron chi connectivity index (χ4n) is 7.09. The molecular weight excluding hydrogens is 805 g/mol. The van der Waals surface area contributed by atoms with Crippen LogP contribution in [-0.2, 0) is 28.6 Å². The molecule has 65 heavy (non-hydrogen) atoms. The first kappa shape index (κ1) is 61.3. The van der Waals surface area contributed by atoms with E-state index in [4.69, 9.17) is 14.2 Å². The normalized spacial score (nSPS) is 12.8. The summed E-state index contributed by atoms with van der Waals surface area (Å²) >= 11 is 0. The van der Waals surface area contributed by atoms with E-state index in [1.807, 2.05) is 6.08 Å². The smallest absolute Gasteiger partial charge is 0.306 e. The number of hydrogen-bond donors (Lipinski definition) is 0. The zero-order valence-electron chi connectivity index (χ0n) is 42.2. The second-order valence-electron chi connectivity index (χ2n) is 17.4. The molecule has 0 bridgehead atoms. The van der Waals surface area contributed by atoms with Crippen molar-refractivity contribution in [3.05, 3.63) is 97.2 Å². The van der Waals surface area contributed by atoms with Crippen LogP contribution in [0.5, 0.6) is 0 Å². The molecule has 0 amide bonds. The predicted molar refractivity (Wildman–Crippen MR) is 279 cm³/mol. The van der Waals surface area contributed by atoms with Gasteiger partial charge in [-0.05, 0) is 89.9 Å². The summed E-state index contributed by atoms with van der Waals surface area (Å²) in [5, 5.41) is 0. The minimum absolute atomic E-state index is 0.106. The van der Waals surface area contributed by atoms with Crippen LogP contribution in [0.25, 0.3) is 0 Å². The summed E-state index contributed by atoms with van der Waals surface area (Å²) in [6.45, 7) is 6.42. The lowest BCUT2D eigenvalue weighted by molar-refractivity contribution is -0.166. The van der Waals surface area contributed by atoms with Gasteiger partial charge in [0.2, 0.25) is 0 Å².